The lowest BCUT2D eigenvalue weighted by molar-refractivity contribution is -0.121. The van der Waals surface area contributed by atoms with E-state index in [1.165, 1.54) is 0 Å². The van der Waals surface area contributed by atoms with Gasteiger partial charge in [0.2, 0.25) is 0 Å². The molecule has 1 aliphatic carbocycles. The maximum Gasteiger partial charge on any atom is 0.133 e. The van der Waals surface area contributed by atoms with Gasteiger partial charge in [0, 0.05) is 25.4 Å². The third-order valence-electron chi connectivity index (χ3n) is 2.77. The Hall–Kier alpha value is -0.630. The smallest absolute Gasteiger partial charge is 0.133 e. The average molecular weight is 181 g/mol. The molecule has 0 amide bonds. The van der Waals surface area contributed by atoms with Crippen molar-refractivity contribution < 1.29 is 4.79 Å². The SMILES string of the molecule is C/C=C/CN(C)C1CCC(=O)CC1. The zero-order chi connectivity index (χ0) is 9.68. The predicted octanol–water partition coefficient (Wildman–Crippen LogP) is 2.01. The number of ketones is 1. The van der Waals surface area contributed by atoms with Gasteiger partial charge in [-0.2, -0.15) is 0 Å². The van der Waals surface area contributed by atoms with Crippen LogP contribution in [-0.2, 0) is 4.79 Å². The molecule has 0 N–H and O–H groups in total. The van der Waals surface area contributed by atoms with Crippen molar-refractivity contribution >= 4 is 5.78 Å². The summed E-state index contributed by atoms with van der Waals surface area (Å²) in [7, 11) is 2.14. The minimum absolute atomic E-state index is 0.440. The highest BCUT2D eigenvalue weighted by molar-refractivity contribution is 5.79. The first-order valence-corrected chi connectivity index (χ1v) is 5.07. The van der Waals surface area contributed by atoms with Gasteiger partial charge in [-0.3, -0.25) is 9.69 Å². The minimum Gasteiger partial charge on any atom is -0.300 e. The number of carbonyl (C=O) groups excluding carboxylic acids is 1. The summed E-state index contributed by atoms with van der Waals surface area (Å²) in [5.41, 5.74) is 0. The summed E-state index contributed by atoms with van der Waals surface area (Å²) in [6.07, 6.45) is 7.90. The Kier molecular flexibility index (Phi) is 4.16. The Labute approximate surface area is 80.6 Å². The van der Waals surface area contributed by atoms with E-state index in [2.05, 4.69) is 24.1 Å². The van der Waals surface area contributed by atoms with Gasteiger partial charge < -0.3 is 0 Å². The monoisotopic (exact) mass is 181 g/mol. The van der Waals surface area contributed by atoms with Crippen molar-refractivity contribution in [1.82, 2.24) is 4.90 Å². The second kappa shape index (κ2) is 5.18. The third-order valence-corrected chi connectivity index (χ3v) is 2.77. The van der Waals surface area contributed by atoms with Crippen LogP contribution < -0.4 is 0 Å². The quantitative estimate of drug-likeness (QED) is 0.621. The standard InChI is InChI=1S/C11H19NO/c1-3-4-9-12(2)10-5-7-11(13)8-6-10/h3-4,10H,5-9H2,1-2H3/b4-3+. The Bertz CT molecular complexity index is 188. The van der Waals surface area contributed by atoms with Gasteiger partial charge in [-0.15, -0.1) is 0 Å². The minimum atomic E-state index is 0.440. The summed E-state index contributed by atoms with van der Waals surface area (Å²) >= 11 is 0. The van der Waals surface area contributed by atoms with E-state index in [0.29, 0.717) is 11.8 Å². The topological polar surface area (TPSA) is 20.3 Å². The molecule has 13 heavy (non-hydrogen) atoms. The molecular formula is C11H19NO. The lowest BCUT2D eigenvalue weighted by Crippen LogP contribution is -2.35. The van der Waals surface area contributed by atoms with Crippen LogP contribution in [0.5, 0.6) is 0 Å². The van der Waals surface area contributed by atoms with Crippen LogP contribution in [0.3, 0.4) is 0 Å². The van der Waals surface area contributed by atoms with Crippen molar-refractivity contribution in [3.8, 4) is 0 Å². The first-order valence-electron chi connectivity index (χ1n) is 5.07. The molecule has 0 unspecified atom stereocenters. The molecule has 1 saturated carbocycles. The first-order chi connectivity index (χ1) is 6.24. The van der Waals surface area contributed by atoms with E-state index in [1.807, 2.05) is 6.92 Å². The molecule has 1 fully saturated rings. The first kappa shape index (κ1) is 10.5. The number of Topliss-reactive ketones (excluding diaryl/α,β-unsaturated/α-hetero) is 1. The van der Waals surface area contributed by atoms with E-state index < -0.39 is 0 Å². The van der Waals surface area contributed by atoms with E-state index in [1.54, 1.807) is 0 Å². The van der Waals surface area contributed by atoms with E-state index in [4.69, 9.17) is 0 Å². The number of rotatable bonds is 3. The molecule has 0 bridgehead atoms. The normalized spacial score (nSPS) is 20.4. The molecule has 0 aromatic carbocycles. The van der Waals surface area contributed by atoms with Crippen LogP contribution in [0.25, 0.3) is 0 Å². The maximum absolute atomic E-state index is 11.0. The van der Waals surface area contributed by atoms with Gasteiger partial charge in [0.25, 0.3) is 0 Å². The molecule has 0 aliphatic heterocycles. The number of likely N-dealkylation sites (N-methyl/N-ethyl adjacent to an activating group) is 1. The Morgan fingerprint density at radius 1 is 1.46 bits per heavy atom. The average Bonchev–Trinajstić information content (AvgIpc) is 2.15. The van der Waals surface area contributed by atoms with Crippen molar-refractivity contribution in [2.45, 2.75) is 38.6 Å². The van der Waals surface area contributed by atoms with Gasteiger partial charge in [0.1, 0.15) is 5.78 Å². The fourth-order valence-electron chi connectivity index (χ4n) is 1.79. The van der Waals surface area contributed by atoms with Crippen molar-refractivity contribution in [2.75, 3.05) is 13.6 Å². The summed E-state index contributed by atoms with van der Waals surface area (Å²) in [4.78, 5) is 13.4. The Morgan fingerprint density at radius 2 is 2.08 bits per heavy atom. The van der Waals surface area contributed by atoms with E-state index in [0.717, 1.165) is 32.2 Å². The summed E-state index contributed by atoms with van der Waals surface area (Å²) in [6, 6.07) is 0.619. The van der Waals surface area contributed by atoms with Crippen molar-refractivity contribution in [2.24, 2.45) is 0 Å². The highest BCUT2D eigenvalue weighted by Crippen LogP contribution is 2.18. The molecule has 74 valence electrons. The van der Waals surface area contributed by atoms with Gasteiger partial charge in [-0.25, -0.2) is 0 Å². The molecule has 0 aromatic heterocycles. The Balaban J connectivity index is 2.30. The highest BCUT2D eigenvalue weighted by atomic mass is 16.1. The number of allylic oxidation sites excluding steroid dienone is 1. The lowest BCUT2D eigenvalue weighted by Gasteiger charge is -2.29. The lowest BCUT2D eigenvalue weighted by atomic mass is 9.93. The van der Waals surface area contributed by atoms with Crippen LogP contribution in [0.15, 0.2) is 12.2 Å². The van der Waals surface area contributed by atoms with Crippen LogP contribution in [0.4, 0.5) is 0 Å². The molecule has 0 aromatic rings. The number of nitrogens with zero attached hydrogens (tertiary/aromatic N) is 1. The summed E-state index contributed by atoms with van der Waals surface area (Å²) in [6.45, 7) is 3.05. The maximum atomic E-state index is 11.0. The summed E-state index contributed by atoms with van der Waals surface area (Å²) in [5.74, 6) is 0.440. The zero-order valence-electron chi connectivity index (χ0n) is 8.62. The number of hydrogen-bond donors (Lipinski definition) is 0. The fourth-order valence-corrected chi connectivity index (χ4v) is 1.79. The Morgan fingerprint density at radius 3 is 2.62 bits per heavy atom. The van der Waals surface area contributed by atoms with Crippen molar-refractivity contribution in [3.63, 3.8) is 0 Å². The van der Waals surface area contributed by atoms with Gasteiger partial charge in [-0.1, -0.05) is 12.2 Å². The third kappa shape index (κ3) is 3.31. The van der Waals surface area contributed by atoms with Crippen LogP contribution in [0, 0.1) is 0 Å². The molecule has 2 heteroatoms. The molecule has 1 rings (SSSR count). The fraction of sp³-hybridized carbons (Fsp3) is 0.727. The van der Waals surface area contributed by atoms with E-state index >= 15 is 0 Å². The number of hydrogen-bond acceptors (Lipinski definition) is 2. The summed E-state index contributed by atoms with van der Waals surface area (Å²) in [5, 5.41) is 0. The predicted molar refractivity (Wildman–Crippen MR) is 54.7 cm³/mol. The van der Waals surface area contributed by atoms with Crippen molar-refractivity contribution in [3.05, 3.63) is 12.2 Å². The molecule has 0 saturated heterocycles. The second-order valence-electron chi connectivity index (χ2n) is 3.78. The van der Waals surface area contributed by atoms with Crippen molar-refractivity contribution in [1.29, 1.82) is 0 Å². The van der Waals surface area contributed by atoms with Gasteiger partial charge >= 0.3 is 0 Å². The van der Waals surface area contributed by atoms with E-state index in [9.17, 15) is 4.79 Å². The van der Waals surface area contributed by atoms with Gasteiger partial charge in [-0.05, 0) is 26.8 Å². The van der Waals surface area contributed by atoms with Crippen LogP contribution in [0.2, 0.25) is 0 Å². The molecular weight excluding hydrogens is 162 g/mol. The van der Waals surface area contributed by atoms with Crippen LogP contribution in [0.1, 0.15) is 32.6 Å². The van der Waals surface area contributed by atoms with E-state index in [-0.39, 0.29) is 0 Å². The zero-order valence-corrected chi connectivity index (χ0v) is 8.62. The second-order valence-corrected chi connectivity index (χ2v) is 3.78. The van der Waals surface area contributed by atoms with Gasteiger partial charge in [0.15, 0.2) is 0 Å². The molecule has 0 atom stereocenters. The molecule has 0 spiro atoms. The molecule has 0 heterocycles. The largest absolute Gasteiger partial charge is 0.300 e. The molecule has 0 radical (unpaired) electrons. The van der Waals surface area contributed by atoms with Crippen LogP contribution in [-0.4, -0.2) is 30.3 Å². The highest BCUT2D eigenvalue weighted by Gasteiger charge is 2.20. The van der Waals surface area contributed by atoms with Gasteiger partial charge in [0.05, 0.1) is 0 Å². The molecule has 2 nitrogen and oxygen atoms in total. The van der Waals surface area contributed by atoms with Crippen LogP contribution >= 0.6 is 0 Å². The molecule has 1 aliphatic rings. The number of carbonyl (C=O) groups is 1. The summed E-state index contributed by atoms with van der Waals surface area (Å²) < 4.78 is 0.